The molecule has 2 aromatic rings. The van der Waals surface area contributed by atoms with E-state index in [2.05, 4.69) is 20.3 Å². The van der Waals surface area contributed by atoms with Crippen LogP contribution in [0.2, 0.25) is 0 Å². The molecule has 1 unspecified atom stereocenters. The summed E-state index contributed by atoms with van der Waals surface area (Å²) in [6, 6.07) is 2.22. The average Bonchev–Trinajstić information content (AvgIpc) is 3.36. The molecule has 1 amide bonds. The van der Waals surface area contributed by atoms with Gasteiger partial charge >= 0.3 is 5.97 Å². The summed E-state index contributed by atoms with van der Waals surface area (Å²) in [5.41, 5.74) is 0.927. The predicted octanol–water partition coefficient (Wildman–Crippen LogP) is 2.29. The van der Waals surface area contributed by atoms with Crippen molar-refractivity contribution in [2.45, 2.75) is 57.4 Å². The maximum atomic E-state index is 12.9. The minimum absolute atomic E-state index is 0.00180. The third kappa shape index (κ3) is 5.12. The molecular weight excluding hydrogens is 446 g/mol. The van der Waals surface area contributed by atoms with Gasteiger partial charge in [0.2, 0.25) is 5.78 Å². The number of anilines is 2. The number of nitrogens with zero attached hydrogens (tertiary/aromatic N) is 4. The number of benzene rings is 1. The number of ether oxygens (including phenoxy) is 1. The Bertz CT molecular complexity index is 1030. The third-order valence-electron chi connectivity index (χ3n) is 6.49. The van der Waals surface area contributed by atoms with Crippen molar-refractivity contribution in [3.63, 3.8) is 0 Å². The van der Waals surface area contributed by atoms with Crippen LogP contribution in [0.1, 0.15) is 51.4 Å². The molecule has 12 nitrogen and oxygen atoms in total. The monoisotopic (exact) mass is 475 g/mol. The van der Waals surface area contributed by atoms with Crippen molar-refractivity contribution in [1.82, 2.24) is 15.2 Å². The molecule has 1 aromatic carbocycles. The first-order chi connectivity index (χ1) is 16.5. The summed E-state index contributed by atoms with van der Waals surface area (Å²) < 4.78 is 10.1. The Morgan fingerprint density at radius 1 is 1.06 bits per heavy atom. The number of nitrogens with one attached hydrogen (secondary N) is 1. The molecule has 1 atom stereocenters. The lowest BCUT2D eigenvalue weighted by Gasteiger charge is -2.34. The summed E-state index contributed by atoms with van der Waals surface area (Å²) in [4.78, 5) is 39.8. The number of piperidine rings is 1. The van der Waals surface area contributed by atoms with E-state index in [1.807, 2.05) is 0 Å². The van der Waals surface area contributed by atoms with Crippen LogP contribution in [0.25, 0.3) is 11.0 Å². The van der Waals surface area contributed by atoms with Crippen LogP contribution in [-0.2, 0) is 19.1 Å². The van der Waals surface area contributed by atoms with E-state index < -0.39 is 17.9 Å². The van der Waals surface area contributed by atoms with Crippen molar-refractivity contribution in [3.8, 4) is 0 Å². The van der Waals surface area contributed by atoms with Gasteiger partial charge in [0.25, 0.3) is 5.91 Å². The van der Waals surface area contributed by atoms with E-state index in [9.17, 15) is 24.8 Å². The van der Waals surface area contributed by atoms with Crippen molar-refractivity contribution in [2.75, 3.05) is 30.2 Å². The maximum absolute atomic E-state index is 12.9. The van der Waals surface area contributed by atoms with Crippen LogP contribution in [0.15, 0.2) is 16.8 Å². The largest absolute Gasteiger partial charge is 0.462 e. The molecule has 1 aliphatic heterocycles. The molecule has 2 heterocycles. The fourth-order valence-electron chi connectivity index (χ4n) is 4.69. The molecule has 0 radical (unpaired) electrons. The first-order valence-corrected chi connectivity index (χ1v) is 11.7. The van der Waals surface area contributed by atoms with Crippen molar-refractivity contribution >= 4 is 40.1 Å². The Hall–Kier alpha value is -3.25. The minimum Gasteiger partial charge on any atom is -0.462 e. The number of hydrogen-bond donors (Lipinski definition) is 3. The number of Topliss-reactive ketones (excluding diaryl/α,β-unsaturated/α-hetero) is 1. The van der Waals surface area contributed by atoms with Crippen LogP contribution in [0, 0.1) is 5.92 Å². The quantitative estimate of drug-likeness (QED) is 0.222. The Labute approximate surface area is 195 Å². The second-order valence-corrected chi connectivity index (χ2v) is 8.69. The standard InChI is InChI=1S/C22H29N5O7/c28-20(14-6-2-1-3-7-14)21(29)26-12-5-4-8-17(26)22(30)33-13-11-23-15-9-10-16(27(31)32)19-18(15)24-34-25-19/h9-10,14,17,23,31-32H,1-8,11-13H2. The molecule has 2 fully saturated rings. The molecule has 3 N–H and O–H groups in total. The fourth-order valence-corrected chi connectivity index (χ4v) is 4.69. The van der Waals surface area contributed by atoms with Gasteiger partial charge in [0.15, 0.2) is 11.0 Å². The number of amides is 1. The smallest absolute Gasteiger partial charge is 0.328 e. The Kier molecular flexibility index (Phi) is 7.58. The highest BCUT2D eigenvalue weighted by molar-refractivity contribution is 6.37. The van der Waals surface area contributed by atoms with E-state index in [1.165, 1.54) is 11.0 Å². The predicted molar refractivity (Wildman–Crippen MR) is 118 cm³/mol. The van der Waals surface area contributed by atoms with Gasteiger partial charge in [-0.3, -0.25) is 20.0 Å². The normalized spacial score (nSPS) is 19.1. The van der Waals surface area contributed by atoms with Crippen LogP contribution >= 0.6 is 0 Å². The highest BCUT2D eigenvalue weighted by Gasteiger charge is 2.38. The summed E-state index contributed by atoms with van der Waals surface area (Å²) in [6.45, 7) is 0.636. The van der Waals surface area contributed by atoms with Gasteiger partial charge in [-0.25, -0.2) is 9.42 Å². The number of fused-ring (bicyclic) bond motifs is 1. The minimum atomic E-state index is -0.750. The number of hydrogen-bond acceptors (Lipinski definition) is 11. The number of ketones is 1. The summed E-state index contributed by atoms with van der Waals surface area (Å²) >= 11 is 0. The highest BCUT2D eigenvalue weighted by atomic mass is 16.8. The first kappa shape index (κ1) is 23.9. The molecule has 2 aliphatic rings. The van der Waals surface area contributed by atoms with E-state index in [4.69, 9.17) is 4.74 Å². The Morgan fingerprint density at radius 3 is 2.56 bits per heavy atom. The summed E-state index contributed by atoms with van der Waals surface area (Å²) in [5, 5.41) is 28.9. The summed E-state index contributed by atoms with van der Waals surface area (Å²) in [6.07, 6.45) is 6.50. The molecule has 184 valence electrons. The number of aromatic nitrogens is 2. The highest BCUT2D eigenvalue weighted by Crippen LogP contribution is 2.29. The van der Waals surface area contributed by atoms with Gasteiger partial charge in [-0.15, -0.1) is 5.23 Å². The van der Waals surface area contributed by atoms with Crippen molar-refractivity contribution in [2.24, 2.45) is 5.92 Å². The van der Waals surface area contributed by atoms with Gasteiger partial charge in [0, 0.05) is 19.0 Å². The molecule has 1 aliphatic carbocycles. The number of carbonyl (C=O) groups excluding carboxylic acids is 3. The van der Waals surface area contributed by atoms with E-state index in [-0.39, 0.29) is 46.8 Å². The number of likely N-dealkylation sites (tertiary alicyclic amines) is 1. The van der Waals surface area contributed by atoms with Crippen LogP contribution in [0.3, 0.4) is 0 Å². The molecule has 1 saturated carbocycles. The van der Waals surface area contributed by atoms with Crippen LogP contribution in [0.5, 0.6) is 0 Å². The van der Waals surface area contributed by atoms with Gasteiger partial charge in [-0.1, -0.05) is 19.3 Å². The molecular formula is C22H29N5O7. The molecule has 1 aromatic heterocycles. The van der Waals surface area contributed by atoms with Gasteiger partial charge in [-0.05, 0) is 54.6 Å². The van der Waals surface area contributed by atoms with E-state index in [0.29, 0.717) is 18.7 Å². The van der Waals surface area contributed by atoms with Crippen LogP contribution in [0.4, 0.5) is 11.4 Å². The topological polar surface area (TPSA) is 158 Å². The van der Waals surface area contributed by atoms with Gasteiger partial charge < -0.3 is 15.0 Å². The molecule has 1 saturated heterocycles. The lowest BCUT2D eigenvalue weighted by Crippen LogP contribution is -2.52. The van der Waals surface area contributed by atoms with E-state index >= 15 is 0 Å². The van der Waals surface area contributed by atoms with Gasteiger partial charge in [0.05, 0.1) is 5.69 Å². The summed E-state index contributed by atoms with van der Waals surface area (Å²) in [7, 11) is 0. The molecule has 0 spiro atoms. The lowest BCUT2D eigenvalue weighted by atomic mass is 9.85. The third-order valence-corrected chi connectivity index (χ3v) is 6.49. The number of rotatable bonds is 8. The zero-order valence-corrected chi connectivity index (χ0v) is 18.8. The van der Waals surface area contributed by atoms with Crippen molar-refractivity contribution in [1.29, 1.82) is 0 Å². The first-order valence-electron chi connectivity index (χ1n) is 11.7. The molecule has 34 heavy (non-hydrogen) atoms. The molecule has 12 heteroatoms. The zero-order valence-electron chi connectivity index (χ0n) is 18.8. The van der Waals surface area contributed by atoms with E-state index in [1.54, 1.807) is 6.07 Å². The fraction of sp³-hybridized carbons (Fsp3) is 0.591. The maximum Gasteiger partial charge on any atom is 0.328 e. The van der Waals surface area contributed by atoms with Gasteiger partial charge in [-0.2, -0.15) is 0 Å². The Morgan fingerprint density at radius 2 is 1.79 bits per heavy atom. The zero-order chi connectivity index (χ0) is 24.1. The average molecular weight is 476 g/mol. The van der Waals surface area contributed by atoms with E-state index in [0.717, 1.165) is 44.9 Å². The van der Waals surface area contributed by atoms with Crippen molar-refractivity contribution < 1.29 is 34.2 Å². The van der Waals surface area contributed by atoms with Crippen molar-refractivity contribution in [3.05, 3.63) is 12.1 Å². The Balaban J connectivity index is 1.31. The SMILES string of the molecule is O=C(C(=O)N1CCCCC1C(=O)OCCNc1ccc(N(O)O)c2nonc12)C1CCCCC1. The lowest BCUT2D eigenvalue weighted by molar-refractivity contribution is -0.159. The second kappa shape index (κ2) is 10.8. The number of esters is 1. The molecule has 4 rings (SSSR count). The second-order valence-electron chi connectivity index (χ2n) is 8.69. The molecule has 0 bridgehead atoms. The summed E-state index contributed by atoms with van der Waals surface area (Å²) in [5.74, 6) is -1.69. The van der Waals surface area contributed by atoms with Gasteiger partial charge in [0.1, 0.15) is 18.3 Å². The van der Waals surface area contributed by atoms with Crippen LogP contribution < -0.4 is 10.5 Å². The number of carbonyl (C=O) groups is 3. The van der Waals surface area contributed by atoms with Crippen LogP contribution in [-0.4, -0.2) is 69.0 Å².